The van der Waals surface area contributed by atoms with E-state index in [1.807, 2.05) is 0 Å². The van der Waals surface area contributed by atoms with Crippen LogP contribution in [0.1, 0.15) is 13.8 Å². The summed E-state index contributed by atoms with van der Waals surface area (Å²) in [6.07, 6.45) is -1.76. The van der Waals surface area contributed by atoms with E-state index in [1.54, 1.807) is 13.8 Å². The Labute approximate surface area is 93.9 Å². The highest BCUT2D eigenvalue weighted by Crippen LogP contribution is 2.22. The monoisotopic (exact) mass is 232 g/mol. The SMILES string of the molecule is CC(C)(C(=O)N1CC(O)C(O)C1)C(N)=S. The second kappa shape index (κ2) is 4.03. The van der Waals surface area contributed by atoms with Crippen LogP contribution in [0.25, 0.3) is 0 Å². The number of carbonyl (C=O) groups excluding carboxylic acids is 1. The summed E-state index contributed by atoms with van der Waals surface area (Å²) in [6, 6.07) is 0. The summed E-state index contributed by atoms with van der Waals surface area (Å²) in [5.74, 6) is -0.259. The highest BCUT2D eigenvalue weighted by atomic mass is 32.1. The molecule has 15 heavy (non-hydrogen) atoms. The van der Waals surface area contributed by atoms with Gasteiger partial charge in [0.25, 0.3) is 0 Å². The fraction of sp³-hybridized carbons (Fsp3) is 0.778. The van der Waals surface area contributed by atoms with Crippen molar-refractivity contribution in [1.29, 1.82) is 0 Å². The van der Waals surface area contributed by atoms with Gasteiger partial charge in [0.1, 0.15) is 0 Å². The Morgan fingerprint density at radius 1 is 1.40 bits per heavy atom. The zero-order chi connectivity index (χ0) is 11.8. The van der Waals surface area contributed by atoms with Crippen LogP contribution in [0.5, 0.6) is 0 Å². The van der Waals surface area contributed by atoms with Crippen molar-refractivity contribution in [2.75, 3.05) is 13.1 Å². The molecule has 1 amide bonds. The van der Waals surface area contributed by atoms with Crippen LogP contribution in [0.4, 0.5) is 0 Å². The minimum absolute atomic E-state index is 0.114. The third-order valence-corrected chi connectivity index (χ3v) is 3.21. The minimum Gasteiger partial charge on any atom is -0.392 e. The summed E-state index contributed by atoms with van der Waals surface area (Å²) < 4.78 is 0. The minimum atomic E-state index is -0.931. The molecule has 1 rings (SSSR count). The third-order valence-electron chi connectivity index (χ3n) is 2.70. The fourth-order valence-electron chi connectivity index (χ4n) is 1.44. The fourth-order valence-corrected chi connectivity index (χ4v) is 1.52. The summed E-state index contributed by atoms with van der Waals surface area (Å²) in [5.41, 5.74) is 4.54. The second-order valence-electron chi connectivity index (χ2n) is 4.33. The van der Waals surface area contributed by atoms with Gasteiger partial charge in [-0.3, -0.25) is 4.79 Å². The van der Waals surface area contributed by atoms with Crippen LogP contribution in [-0.4, -0.2) is 51.3 Å². The van der Waals surface area contributed by atoms with Crippen LogP contribution in [0, 0.1) is 5.41 Å². The number of carbonyl (C=O) groups is 1. The number of β-amino-alcohol motifs (C(OH)–C–C–N with tert-alkyl or cyclic N) is 2. The molecule has 0 bridgehead atoms. The van der Waals surface area contributed by atoms with Crippen molar-refractivity contribution < 1.29 is 15.0 Å². The molecule has 0 aliphatic carbocycles. The van der Waals surface area contributed by atoms with Gasteiger partial charge in [-0.25, -0.2) is 0 Å². The van der Waals surface area contributed by atoms with Crippen LogP contribution in [0.2, 0.25) is 0 Å². The molecular formula is C9H16N2O3S. The van der Waals surface area contributed by atoms with Gasteiger partial charge in [0.05, 0.1) is 22.6 Å². The molecule has 1 aliphatic heterocycles. The van der Waals surface area contributed by atoms with Gasteiger partial charge in [-0.1, -0.05) is 12.2 Å². The van der Waals surface area contributed by atoms with Crippen molar-refractivity contribution in [1.82, 2.24) is 4.90 Å². The zero-order valence-electron chi connectivity index (χ0n) is 8.80. The first kappa shape index (κ1) is 12.4. The van der Waals surface area contributed by atoms with Gasteiger partial charge in [-0.2, -0.15) is 0 Å². The molecule has 0 saturated carbocycles. The number of thiocarbonyl (C=S) groups is 1. The summed E-state index contributed by atoms with van der Waals surface area (Å²) in [4.78, 5) is 13.4. The molecule has 0 aromatic heterocycles. The Bertz CT molecular complexity index is 283. The number of nitrogens with two attached hydrogens (primary N) is 1. The molecule has 4 N–H and O–H groups in total. The summed E-state index contributed by atoms with van der Waals surface area (Å²) in [5, 5.41) is 18.6. The number of nitrogens with zero attached hydrogens (tertiary/aromatic N) is 1. The van der Waals surface area contributed by atoms with E-state index in [0.717, 1.165) is 0 Å². The van der Waals surface area contributed by atoms with E-state index in [0.29, 0.717) is 0 Å². The molecule has 2 unspecified atom stereocenters. The molecule has 1 aliphatic rings. The van der Waals surface area contributed by atoms with Crippen LogP contribution in [0.3, 0.4) is 0 Å². The first-order valence-electron chi connectivity index (χ1n) is 4.72. The summed E-state index contributed by atoms with van der Waals surface area (Å²) in [7, 11) is 0. The maximum Gasteiger partial charge on any atom is 0.235 e. The number of hydrogen-bond acceptors (Lipinski definition) is 4. The highest BCUT2D eigenvalue weighted by Gasteiger charge is 2.40. The Balaban J connectivity index is 2.75. The number of hydrogen-bond donors (Lipinski definition) is 3. The molecule has 0 aromatic rings. The Kier molecular flexibility index (Phi) is 3.32. The maximum absolute atomic E-state index is 11.9. The average Bonchev–Trinajstić information content (AvgIpc) is 2.45. The van der Waals surface area contributed by atoms with Crippen LogP contribution < -0.4 is 5.73 Å². The number of amides is 1. The van der Waals surface area contributed by atoms with Gasteiger partial charge >= 0.3 is 0 Å². The zero-order valence-corrected chi connectivity index (χ0v) is 9.62. The van der Waals surface area contributed by atoms with Crippen molar-refractivity contribution in [3.63, 3.8) is 0 Å². The smallest absolute Gasteiger partial charge is 0.235 e. The number of likely N-dealkylation sites (tertiary alicyclic amines) is 1. The van der Waals surface area contributed by atoms with E-state index in [4.69, 9.17) is 18.0 Å². The predicted molar refractivity (Wildman–Crippen MR) is 59.2 cm³/mol. The molecule has 2 atom stereocenters. The molecule has 0 radical (unpaired) electrons. The van der Waals surface area contributed by atoms with E-state index in [1.165, 1.54) is 4.90 Å². The molecule has 5 nitrogen and oxygen atoms in total. The molecule has 1 fully saturated rings. The van der Waals surface area contributed by atoms with Gasteiger partial charge < -0.3 is 20.8 Å². The van der Waals surface area contributed by atoms with Crippen LogP contribution in [0.15, 0.2) is 0 Å². The van der Waals surface area contributed by atoms with Crippen molar-refractivity contribution in [2.24, 2.45) is 11.1 Å². The molecule has 0 aromatic carbocycles. The lowest BCUT2D eigenvalue weighted by Gasteiger charge is -2.27. The average molecular weight is 232 g/mol. The third kappa shape index (κ3) is 2.27. The lowest BCUT2D eigenvalue weighted by molar-refractivity contribution is -0.136. The van der Waals surface area contributed by atoms with E-state index < -0.39 is 17.6 Å². The molecule has 1 saturated heterocycles. The van der Waals surface area contributed by atoms with Gasteiger partial charge in [0.15, 0.2) is 0 Å². The summed E-state index contributed by atoms with van der Waals surface area (Å²) >= 11 is 4.81. The van der Waals surface area contributed by atoms with Crippen molar-refractivity contribution in [2.45, 2.75) is 26.1 Å². The van der Waals surface area contributed by atoms with Gasteiger partial charge in [0.2, 0.25) is 5.91 Å². The van der Waals surface area contributed by atoms with Crippen molar-refractivity contribution in [3.05, 3.63) is 0 Å². The van der Waals surface area contributed by atoms with E-state index >= 15 is 0 Å². The number of aliphatic hydroxyl groups excluding tert-OH is 2. The normalized spacial score (nSPS) is 26.8. The lowest BCUT2D eigenvalue weighted by atomic mass is 9.92. The largest absolute Gasteiger partial charge is 0.392 e. The predicted octanol–water partition coefficient (Wildman–Crippen LogP) is -1.14. The van der Waals surface area contributed by atoms with Crippen molar-refractivity contribution >= 4 is 23.1 Å². The van der Waals surface area contributed by atoms with Gasteiger partial charge in [-0.15, -0.1) is 0 Å². The van der Waals surface area contributed by atoms with Gasteiger partial charge in [0, 0.05) is 13.1 Å². The van der Waals surface area contributed by atoms with Gasteiger partial charge in [-0.05, 0) is 13.8 Å². The Hall–Kier alpha value is -0.720. The number of aliphatic hydroxyl groups is 2. The van der Waals surface area contributed by atoms with Crippen molar-refractivity contribution in [3.8, 4) is 0 Å². The van der Waals surface area contributed by atoms with E-state index in [9.17, 15) is 15.0 Å². The molecule has 6 heteroatoms. The Morgan fingerprint density at radius 3 is 2.13 bits per heavy atom. The van der Waals surface area contributed by atoms with E-state index in [-0.39, 0.29) is 24.0 Å². The lowest BCUT2D eigenvalue weighted by Crippen LogP contribution is -2.46. The molecule has 1 heterocycles. The first-order valence-corrected chi connectivity index (χ1v) is 5.13. The topological polar surface area (TPSA) is 86.8 Å². The maximum atomic E-state index is 11.9. The molecule has 0 spiro atoms. The molecular weight excluding hydrogens is 216 g/mol. The number of rotatable bonds is 2. The Morgan fingerprint density at radius 2 is 1.80 bits per heavy atom. The van der Waals surface area contributed by atoms with Crippen LogP contribution >= 0.6 is 12.2 Å². The van der Waals surface area contributed by atoms with Crippen LogP contribution in [-0.2, 0) is 4.79 Å². The summed E-state index contributed by atoms with van der Waals surface area (Å²) in [6.45, 7) is 3.53. The quantitative estimate of drug-likeness (QED) is 0.524. The standard InChI is InChI=1S/C9H16N2O3S/c1-9(2,7(10)15)8(14)11-3-5(12)6(13)4-11/h5-6,12-13H,3-4H2,1-2H3,(H2,10,15). The first-order chi connectivity index (χ1) is 6.76. The van der Waals surface area contributed by atoms with E-state index in [2.05, 4.69) is 0 Å². The molecule has 86 valence electrons. The highest BCUT2D eigenvalue weighted by molar-refractivity contribution is 7.80. The second-order valence-corrected chi connectivity index (χ2v) is 4.77.